The molecule has 4 rings (SSSR count). The van der Waals surface area contributed by atoms with Crippen molar-refractivity contribution in [1.29, 1.82) is 0 Å². The lowest BCUT2D eigenvalue weighted by molar-refractivity contribution is -0.121. The minimum absolute atomic E-state index is 0.0195. The third-order valence-corrected chi connectivity index (χ3v) is 5.51. The molecule has 0 saturated carbocycles. The molecule has 0 saturated heterocycles. The molecule has 28 heavy (non-hydrogen) atoms. The van der Waals surface area contributed by atoms with Gasteiger partial charge in [0.2, 0.25) is 0 Å². The number of hydrogen-bond acceptors (Lipinski definition) is 5. The van der Waals surface area contributed by atoms with Crippen LogP contribution in [0.15, 0.2) is 42.5 Å². The quantitative estimate of drug-likeness (QED) is 0.722. The maximum Gasteiger partial charge on any atom is 0.335 e. The molecule has 1 amide bonds. The van der Waals surface area contributed by atoms with Crippen molar-refractivity contribution in [1.82, 2.24) is 4.98 Å². The van der Waals surface area contributed by atoms with Crippen molar-refractivity contribution in [2.24, 2.45) is 0 Å². The van der Waals surface area contributed by atoms with Gasteiger partial charge in [0.25, 0.3) is 5.91 Å². The third kappa shape index (κ3) is 3.36. The summed E-state index contributed by atoms with van der Waals surface area (Å²) in [7, 11) is 0. The largest absolute Gasteiger partial charge is 0.482 e. The molecule has 1 aliphatic rings. The molecule has 0 unspecified atom stereocenters. The Hall–Kier alpha value is -3.19. The lowest BCUT2D eigenvalue weighted by Gasteiger charge is -2.30. The van der Waals surface area contributed by atoms with Crippen LogP contribution in [-0.4, -0.2) is 28.6 Å². The van der Waals surface area contributed by atoms with E-state index in [0.717, 1.165) is 26.7 Å². The summed E-state index contributed by atoms with van der Waals surface area (Å²) in [4.78, 5) is 31.0. The van der Waals surface area contributed by atoms with Gasteiger partial charge in [0.05, 0.1) is 28.5 Å². The fraction of sp³-hybridized carbons (Fsp3) is 0.190. The van der Waals surface area contributed by atoms with E-state index in [1.807, 2.05) is 32.0 Å². The maximum absolute atomic E-state index is 12.5. The molecular weight excluding hydrogens is 376 g/mol. The van der Waals surface area contributed by atoms with Crippen LogP contribution in [0.25, 0.3) is 11.3 Å². The van der Waals surface area contributed by atoms with Gasteiger partial charge in [0.1, 0.15) is 5.75 Å². The van der Waals surface area contributed by atoms with E-state index < -0.39 is 5.97 Å². The van der Waals surface area contributed by atoms with Crippen LogP contribution < -0.4 is 9.64 Å². The van der Waals surface area contributed by atoms with Crippen LogP contribution in [0.3, 0.4) is 0 Å². The van der Waals surface area contributed by atoms with Crippen LogP contribution >= 0.6 is 11.3 Å². The molecule has 0 fully saturated rings. The summed E-state index contributed by atoms with van der Waals surface area (Å²) in [5.41, 5.74) is 3.60. The predicted octanol–water partition coefficient (Wildman–Crippen LogP) is 4.05. The number of carbonyl (C=O) groups is 2. The zero-order valence-corrected chi connectivity index (χ0v) is 16.2. The van der Waals surface area contributed by atoms with E-state index in [-0.39, 0.29) is 18.1 Å². The Labute approximate surface area is 166 Å². The fourth-order valence-corrected chi connectivity index (χ4v) is 4.09. The Kier molecular flexibility index (Phi) is 4.60. The van der Waals surface area contributed by atoms with Crippen LogP contribution in [0.2, 0.25) is 0 Å². The number of carbonyl (C=O) groups excluding carboxylic acids is 1. The summed E-state index contributed by atoms with van der Waals surface area (Å²) in [6.07, 6.45) is 0. The summed E-state index contributed by atoms with van der Waals surface area (Å²) >= 11 is 1.64. The van der Waals surface area contributed by atoms with Crippen molar-refractivity contribution in [3.8, 4) is 17.0 Å². The molecule has 0 aliphatic carbocycles. The van der Waals surface area contributed by atoms with Crippen molar-refractivity contribution < 1.29 is 19.4 Å². The van der Waals surface area contributed by atoms with E-state index in [0.29, 0.717) is 18.0 Å². The van der Waals surface area contributed by atoms with Gasteiger partial charge in [-0.05, 0) is 49.7 Å². The Morgan fingerprint density at radius 3 is 2.61 bits per heavy atom. The molecule has 1 N–H and O–H groups in total. The Morgan fingerprint density at radius 2 is 1.96 bits per heavy atom. The number of benzene rings is 2. The Balaban J connectivity index is 1.69. The van der Waals surface area contributed by atoms with Crippen LogP contribution in [0.5, 0.6) is 5.75 Å². The number of fused-ring (bicyclic) bond motifs is 1. The van der Waals surface area contributed by atoms with E-state index in [2.05, 4.69) is 4.98 Å². The lowest BCUT2D eigenvalue weighted by Crippen LogP contribution is -2.38. The predicted molar refractivity (Wildman–Crippen MR) is 107 cm³/mol. The minimum atomic E-state index is -0.974. The van der Waals surface area contributed by atoms with Crippen molar-refractivity contribution in [2.45, 2.75) is 20.4 Å². The smallest absolute Gasteiger partial charge is 0.335 e. The summed E-state index contributed by atoms with van der Waals surface area (Å²) < 4.78 is 5.59. The Bertz CT molecular complexity index is 1070. The standard InChI is InChI=1S/C21H18N2O4S/c1-12-20(22-13(2)28-12)16-7-8-18-17(9-16)23(19(24)11-27-18)10-14-3-5-15(6-4-14)21(25)26/h3-9H,10-11H2,1-2H3,(H,25,26). The number of aromatic nitrogens is 1. The monoisotopic (exact) mass is 394 g/mol. The zero-order valence-electron chi connectivity index (χ0n) is 15.4. The first kappa shape index (κ1) is 18.2. The second-order valence-corrected chi connectivity index (χ2v) is 8.00. The SMILES string of the molecule is Cc1nc(-c2ccc3c(c2)N(Cc2ccc(C(=O)O)cc2)C(=O)CO3)c(C)s1. The zero-order chi connectivity index (χ0) is 19.8. The summed E-state index contributed by atoms with van der Waals surface area (Å²) in [6.45, 7) is 4.32. The molecule has 142 valence electrons. The van der Waals surface area contributed by atoms with Crippen molar-refractivity contribution in [2.75, 3.05) is 11.5 Å². The van der Waals surface area contributed by atoms with Crippen LogP contribution in [0, 0.1) is 13.8 Å². The number of anilines is 1. The first-order valence-corrected chi connectivity index (χ1v) is 9.58. The topological polar surface area (TPSA) is 79.7 Å². The van der Waals surface area contributed by atoms with Gasteiger partial charge >= 0.3 is 5.97 Å². The number of carboxylic acids is 1. The molecule has 0 atom stereocenters. The second kappa shape index (κ2) is 7.09. The van der Waals surface area contributed by atoms with Gasteiger partial charge < -0.3 is 14.7 Å². The summed E-state index contributed by atoms with van der Waals surface area (Å²) in [5, 5.41) is 10.0. The highest BCUT2D eigenvalue weighted by Gasteiger charge is 2.26. The molecule has 3 aromatic rings. The number of rotatable bonds is 4. The molecule has 0 radical (unpaired) electrons. The van der Waals surface area contributed by atoms with Crippen LogP contribution in [-0.2, 0) is 11.3 Å². The van der Waals surface area contributed by atoms with Crippen molar-refractivity contribution in [3.63, 3.8) is 0 Å². The third-order valence-electron chi connectivity index (χ3n) is 4.62. The van der Waals surface area contributed by atoms with Gasteiger partial charge in [0.15, 0.2) is 6.61 Å². The number of amides is 1. The molecule has 1 aliphatic heterocycles. The minimum Gasteiger partial charge on any atom is -0.482 e. The molecule has 2 heterocycles. The second-order valence-electron chi connectivity index (χ2n) is 6.59. The number of thiazole rings is 1. The fourth-order valence-electron chi connectivity index (χ4n) is 3.25. The molecule has 7 heteroatoms. The highest BCUT2D eigenvalue weighted by Crippen LogP contribution is 2.38. The number of ether oxygens (including phenoxy) is 1. The average molecular weight is 394 g/mol. The molecule has 2 aromatic carbocycles. The number of aryl methyl sites for hydroxylation is 2. The molecular formula is C21H18N2O4S. The number of nitrogens with zero attached hydrogens (tertiary/aromatic N) is 2. The van der Waals surface area contributed by atoms with Gasteiger partial charge in [0, 0.05) is 10.4 Å². The van der Waals surface area contributed by atoms with Gasteiger partial charge in [-0.15, -0.1) is 11.3 Å². The number of hydrogen-bond donors (Lipinski definition) is 1. The maximum atomic E-state index is 12.5. The summed E-state index contributed by atoms with van der Waals surface area (Å²) in [6, 6.07) is 12.3. The number of carboxylic acid groups (broad SMARTS) is 1. The normalized spacial score (nSPS) is 13.2. The van der Waals surface area contributed by atoms with Crippen molar-refractivity contribution >= 4 is 28.9 Å². The summed E-state index contributed by atoms with van der Waals surface area (Å²) in [5.74, 6) is -0.467. The van der Waals surface area contributed by atoms with E-state index in [1.165, 1.54) is 0 Å². The first-order valence-electron chi connectivity index (χ1n) is 8.76. The first-order chi connectivity index (χ1) is 13.4. The van der Waals surface area contributed by atoms with Gasteiger partial charge in [-0.3, -0.25) is 4.79 Å². The van der Waals surface area contributed by atoms with Gasteiger partial charge in [-0.1, -0.05) is 12.1 Å². The van der Waals surface area contributed by atoms with Gasteiger partial charge in [-0.25, -0.2) is 9.78 Å². The molecule has 0 spiro atoms. The molecule has 1 aromatic heterocycles. The van der Waals surface area contributed by atoms with E-state index in [9.17, 15) is 9.59 Å². The van der Waals surface area contributed by atoms with Crippen LogP contribution in [0.4, 0.5) is 5.69 Å². The van der Waals surface area contributed by atoms with Gasteiger partial charge in [-0.2, -0.15) is 0 Å². The number of aromatic carboxylic acids is 1. The van der Waals surface area contributed by atoms with E-state index in [4.69, 9.17) is 9.84 Å². The Morgan fingerprint density at radius 1 is 1.21 bits per heavy atom. The van der Waals surface area contributed by atoms with E-state index in [1.54, 1.807) is 40.5 Å². The lowest BCUT2D eigenvalue weighted by atomic mass is 10.1. The average Bonchev–Trinajstić information content (AvgIpc) is 3.02. The molecule has 0 bridgehead atoms. The van der Waals surface area contributed by atoms with Crippen molar-refractivity contribution in [3.05, 3.63) is 63.5 Å². The van der Waals surface area contributed by atoms with Crippen LogP contribution in [0.1, 0.15) is 25.8 Å². The highest BCUT2D eigenvalue weighted by molar-refractivity contribution is 7.11. The highest BCUT2D eigenvalue weighted by atomic mass is 32.1. The molecule has 6 nitrogen and oxygen atoms in total. The van der Waals surface area contributed by atoms with E-state index >= 15 is 0 Å².